The van der Waals surface area contributed by atoms with Crippen LogP contribution in [0, 0.1) is 6.92 Å². The molecule has 1 N–H and O–H groups in total. The monoisotopic (exact) mass is 603 g/mol. The number of hydrogen-bond acceptors (Lipinski definition) is 4. The van der Waals surface area contributed by atoms with Crippen LogP contribution in [0.3, 0.4) is 0 Å². The Morgan fingerprint density at radius 2 is 1.55 bits per heavy atom. The number of carbonyl (C=O) groups excluding carboxylic acids is 2. The number of halogens is 2. The Kier molecular flexibility index (Phi) is 10.3. The van der Waals surface area contributed by atoms with Crippen LogP contribution in [0.5, 0.6) is 0 Å². The minimum absolute atomic E-state index is 0.0825. The van der Waals surface area contributed by atoms with Crippen molar-refractivity contribution in [3.05, 3.63) is 99.5 Å². The second-order valence-electron chi connectivity index (χ2n) is 10.8. The Hall–Kier alpha value is -3.07. The van der Waals surface area contributed by atoms with Crippen molar-refractivity contribution in [1.29, 1.82) is 0 Å². The number of carbonyl (C=O) groups is 2. The quantitative estimate of drug-likeness (QED) is 0.326. The van der Waals surface area contributed by atoms with Crippen LogP contribution in [0.4, 0.5) is 5.69 Å². The molecule has 3 rings (SSSR count). The van der Waals surface area contributed by atoms with Crippen LogP contribution < -0.4 is 9.62 Å². The Bertz CT molecular complexity index is 1440. The van der Waals surface area contributed by atoms with Gasteiger partial charge in [0, 0.05) is 23.5 Å². The van der Waals surface area contributed by atoms with E-state index in [-0.39, 0.29) is 34.6 Å². The Balaban J connectivity index is 2.09. The summed E-state index contributed by atoms with van der Waals surface area (Å²) in [5, 5.41) is 3.39. The third-order valence-electron chi connectivity index (χ3n) is 6.10. The predicted octanol–water partition coefficient (Wildman–Crippen LogP) is 5.62. The first-order valence-electron chi connectivity index (χ1n) is 12.8. The average molecular weight is 605 g/mol. The van der Waals surface area contributed by atoms with Gasteiger partial charge in [-0.1, -0.05) is 83.4 Å². The fraction of sp³-hybridized carbons (Fsp3) is 0.333. The predicted molar refractivity (Wildman–Crippen MR) is 162 cm³/mol. The zero-order valence-corrected chi connectivity index (χ0v) is 25.6. The average Bonchev–Trinajstić information content (AvgIpc) is 2.86. The second-order valence-corrected chi connectivity index (χ2v) is 13.6. The minimum atomic E-state index is -3.96. The molecule has 0 fully saturated rings. The van der Waals surface area contributed by atoms with E-state index in [9.17, 15) is 18.0 Å². The molecule has 3 aromatic carbocycles. The second kappa shape index (κ2) is 13.1. The molecule has 0 unspecified atom stereocenters. The standard InChI is InChI=1S/C30H35Cl2N3O4S/c1-21-11-13-23(14-12-21)19-34(27(29(37)33-30(2,3)4)17-22-9-7-6-8-10-22)28(36)20-35(40(5,38)39)26-18-24(31)15-16-25(26)32/h6-16,18,27H,17,19-20H2,1-5H3,(H,33,37)/t27-/m1/s1. The molecular formula is C30H35Cl2N3O4S. The summed E-state index contributed by atoms with van der Waals surface area (Å²) in [6.07, 6.45) is 1.23. The molecule has 0 spiro atoms. The van der Waals surface area contributed by atoms with E-state index in [0.717, 1.165) is 27.3 Å². The molecule has 0 bridgehead atoms. The van der Waals surface area contributed by atoms with E-state index < -0.39 is 34.1 Å². The van der Waals surface area contributed by atoms with Crippen LogP contribution in [0.15, 0.2) is 72.8 Å². The number of nitrogens with one attached hydrogen (secondary N) is 1. The number of rotatable bonds is 10. The molecular weight excluding hydrogens is 569 g/mol. The molecule has 10 heteroatoms. The van der Waals surface area contributed by atoms with E-state index in [1.807, 2.05) is 82.3 Å². The molecule has 0 aliphatic carbocycles. The van der Waals surface area contributed by atoms with Crippen molar-refractivity contribution in [2.75, 3.05) is 17.1 Å². The molecule has 40 heavy (non-hydrogen) atoms. The maximum atomic E-state index is 14.1. The molecule has 0 radical (unpaired) electrons. The molecule has 0 aliphatic heterocycles. The highest BCUT2D eigenvalue weighted by Gasteiger charge is 2.34. The number of nitrogens with zero attached hydrogens (tertiary/aromatic N) is 2. The number of amides is 2. The molecule has 1 atom stereocenters. The van der Waals surface area contributed by atoms with Gasteiger partial charge in [0.1, 0.15) is 12.6 Å². The molecule has 0 heterocycles. The first kappa shape index (κ1) is 31.5. The van der Waals surface area contributed by atoms with Crippen molar-refractivity contribution >= 4 is 50.7 Å². The number of anilines is 1. The number of aryl methyl sites for hydroxylation is 1. The summed E-state index contributed by atoms with van der Waals surface area (Å²) in [4.78, 5) is 29.3. The van der Waals surface area contributed by atoms with Crippen LogP contribution in [0.25, 0.3) is 0 Å². The minimum Gasteiger partial charge on any atom is -0.350 e. The van der Waals surface area contributed by atoms with Gasteiger partial charge in [0.15, 0.2) is 0 Å². The molecule has 214 valence electrons. The summed E-state index contributed by atoms with van der Waals surface area (Å²) >= 11 is 12.5. The first-order chi connectivity index (χ1) is 18.6. The summed E-state index contributed by atoms with van der Waals surface area (Å²) in [6, 6.07) is 20.5. The van der Waals surface area contributed by atoms with Crippen LogP contribution in [0.2, 0.25) is 10.0 Å². The SMILES string of the molecule is Cc1ccc(CN(C(=O)CN(c2cc(Cl)ccc2Cl)S(C)(=O)=O)[C@H](Cc2ccccc2)C(=O)NC(C)(C)C)cc1. The highest BCUT2D eigenvalue weighted by Crippen LogP contribution is 2.31. The first-order valence-corrected chi connectivity index (χ1v) is 15.4. The normalized spacial score (nSPS) is 12.5. The lowest BCUT2D eigenvalue weighted by Crippen LogP contribution is -2.56. The van der Waals surface area contributed by atoms with Crippen LogP contribution in [-0.4, -0.2) is 49.5 Å². The van der Waals surface area contributed by atoms with Crippen molar-refractivity contribution in [1.82, 2.24) is 10.2 Å². The lowest BCUT2D eigenvalue weighted by atomic mass is 10.0. The smallest absolute Gasteiger partial charge is 0.244 e. The van der Waals surface area contributed by atoms with E-state index >= 15 is 0 Å². The number of sulfonamides is 1. The van der Waals surface area contributed by atoms with Gasteiger partial charge in [-0.2, -0.15) is 0 Å². The molecule has 0 aliphatic rings. The molecule has 0 aromatic heterocycles. The van der Waals surface area contributed by atoms with Gasteiger partial charge in [-0.25, -0.2) is 8.42 Å². The van der Waals surface area contributed by atoms with Gasteiger partial charge < -0.3 is 10.2 Å². The van der Waals surface area contributed by atoms with Gasteiger partial charge in [0.25, 0.3) is 0 Å². The van der Waals surface area contributed by atoms with E-state index in [0.29, 0.717) is 0 Å². The maximum absolute atomic E-state index is 14.1. The topological polar surface area (TPSA) is 86.8 Å². The van der Waals surface area contributed by atoms with Gasteiger partial charge in [0.05, 0.1) is 17.0 Å². The van der Waals surface area contributed by atoms with Crippen LogP contribution >= 0.6 is 23.2 Å². The molecule has 3 aromatic rings. The lowest BCUT2D eigenvalue weighted by molar-refractivity contribution is -0.140. The van der Waals surface area contributed by atoms with Crippen molar-refractivity contribution in [3.8, 4) is 0 Å². The van der Waals surface area contributed by atoms with E-state index in [1.54, 1.807) is 0 Å². The van der Waals surface area contributed by atoms with E-state index in [1.165, 1.54) is 23.1 Å². The third-order valence-corrected chi connectivity index (χ3v) is 7.78. The fourth-order valence-electron chi connectivity index (χ4n) is 4.17. The summed E-state index contributed by atoms with van der Waals surface area (Å²) in [5.41, 5.74) is 2.23. The van der Waals surface area contributed by atoms with Crippen LogP contribution in [-0.2, 0) is 32.6 Å². The van der Waals surface area contributed by atoms with Crippen LogP contribution in [0.1, 0.15) is 37.5 Å². The van der Waals surface area contributed by atoms with Gasteiger partial charge in [-0.15, -0.1) is 0 Å². The zero-order chi connectivity index (χ0) is 29.7. The Labute approximate surface area is 247 Å². The Morgan fingerprint density at radius 1 is 0.925 bits per heavy atom. The van der Waals surface area contributed by atoms with E-state index in [4.69, 9.17) is 23.2 Å². The zero-order valence-electron chi connectivity index (χ0n) is 23.3. The maximum Gasteiger partial charge on any atom is 0.244 e. The summed E-state index contributed by atoms with van der Waals surface area (Å²) < 4.78 is 26.7. The third kappa shape index (κ3) is 8.98. The highest BCUT2D eigenvalue weighted by molar-refractivity contribution is 7.92. The van der Waals surface area contributed by atoms with E-state index in [2.05, 4.69) is 5.32 Å². The molecule has 0 saturated heterocycles. The van der Waals surface area contributed by atoms with Crippen molar-refractivity contribution in [3.63, 3.8) is 0 Å². The number of benzene rings is 3. The number of hydrogen-bond donors (Lipinski definition) is 1. The highest BCUT2D eigenvalue weighted by atomic mass is 35.5. The fourth-order valence-corrected chi connectivity index (χ4v) is 5.46. The largest absolute Gasteiger partial charge is 0.350 e. The van der Waals surface area contributed by atoms with Gasteiger partial charge in [-0.3, -0.25) is 13.9 Å². The lowest BCUT2D eigenvalue weighted by Gasteiger charge is -2.35. The van der Waals surface area contributed by atoms with Gasteiger partial charge >= 0.3 is 0 Å². The van der Waals surface area contributed by atoms with Crippen molar-refractivity contribution in [2.45, 2.75) is 52.2 Å². The molecule has 2 amide bonds. The van der Waals surface area contributed by atoms with Crippen molar-refractivity contribution < 1.29 is 18.0 Å². The van der Waals surface area contributed by atoms with Gasteiger partial charge in [-0.05, 0) is 57.0 Å². The molecule has 0 saturated carbocycles. The Morgan fingerprint density at radius 3 is 2.12 bits per heavy atom. The van der Waals surface area contributed by atoms with Gasteiger partial charge in [0.2, 0.25) is 21.8 Å². The summed E-state index contributed by atoms with van der Waals surface area (Å²) in [6.45, 7) is 7.07. The van der Waals surface area contributed by atoms with Crippen molar-refractivity contribution in [2.24, 2.45) is 0 Å². The molecule has 7 nitrogen and oxygen atoms in total. The summed E-state index contributed by atoms with van der Waals surface area (Å²) in [7, 11) is -3.96. The summed E-state index contributed by atoms with van der Waals surface area (Å²) in [5.74, 6) is -0.907.